The number of amides is 2. The third-order valence-corrected chi connectivity index (χ3v) is 5.91. The second-order valence-electron chi connectivity index (χ2n) is 7.85. The van der Waals surface area contributed by atoms with Crippen LogP contribution in [0.4, 0.5) is 5.82 Å². The maximum absolute atomic E-state index is 12.8. The predicted molar refractivity (Wildman–Crippen MR) is 111 cm³/mol. The van der Waals surface area contributed by atoms with Crippen molar-refractivity contribution in [2.45, 2.75) is 51.6 Å². The predicted octanol–water partition coefficient (Wildman–Crippen LogP) is 1.70. The fourth-order valence-electron chi connectivity index (χ4n) is 4.05. The molecule has 4 heterocycles. The third-order valence-electron chi connectivity index (χ3n) is 5.69. The molecule has 10 heteroatoms. The van der Waals surface area contributed by atoms with Crippen LogP contribution in [0.5, 0.6) is 0 Å². The van der Waals surface area contributed by atoms with Crippen molar-refractivity contribution >= 4 is 29.2 Å². The molecule has 1 unspecified atom stereocenters. The summed E-state index contributed by atoms with van der Waals surface area (Å²) in [5, 5.41) is 7.66. The van der Waals surface area contributed by atoms with E-state index in [2.05, 4.69) is 15.4 Å². The second kappa shape index (κ2) is 8.99. The quantitative estimate of drug-likeness (QED) is 0.792. The molecule has 2 aromatic rings. The van der Waals surface area contributed by atoms with Crippen molar-refractivity contribution in [1.82, 2.24) is 24.2 Å². The van der Waals surface area contributed by atoms with E-state index in [-0.39, 0.29) is 30.0 Å². The van der Waals surface area contributed by atoms with Crippen molar-refractivity contribution in [3.8, 4) is 0 Å². The summed E-state index contributed by atoms with van der Waals surface area (Å²) in [6.07, 6.45) is 6.71. The van der Waals surface area contributed by atoms with Crippen LogP contribution in [0, 0.1) is 5.92 Å². The lowest BCUT2D eigenvalue weighted by atomic mass is 9.97. The first-order chi connectivity index (χ1) is 14.5. The number of hydrogen-bond acceptors (Lipinski definition) is 5. The van der Waals surface area contributed by atoms with Crippen molar-refractivity contribution in [3.05, 3.63) is 39.7 Å². The van der Waals surface area contributed by atoms with Gasteiger partial charge in [0.25, 0.3) is 0 Å². The van der Waals surface area contributed by atoms with Crippen molar-refractivity contribution in [2.24, 2.45) is 5.92 Å². The standard InChI is InChI=1S/C20H25ClN6O3/c21-15-7-8-16(22-11-15)23-19(29)14-5-4-9-25(12-14)18(28)13-27-20(30)26-10-3-1-2-6-17(26)24-27/h7-8,11,14H,1-6,9-10,12-13H2,(H,22,23,29). The van der Waals surface area contributed by atoms with Gasteiger partial charge in [-0.25, -0.2) is 14.5 Å². The van der Waals surface area contributed by atoms with Gasteiger partial charge in [0.05, 0.1) is 10.9 Å². The molecule has 9 nitrogen and oxygen atoms in total. The van der Waals surface area contributed by atoms with E-state index in [0.717, 1.165) is 37.9 Å². The van der Waals surface area contributed by atoms with Gasteiger partial charge < -0.3 is 10.2 Å². The van der Waals surface area contributed by atoms with Gasteiger partial charge in [0.15, 0.2) is 0 Å². The highest BCUT2D eigenvalue weighted by molar-refractivity contribution is 6.30. The molecule has 0 aromatic carbocycles. The average molecular weight is 433 g/mol. The minimum Gasteiger partial charge on any atom is -0.340 e. The number of anilines is 1. The Labute approximate surface area is 179 Å². The van der Waals surface area contributed by atoms with Crippen LogP contribution in [0.15, 0.2) is 23.1 Å². The number of aryl methyl sites for hydroxylation is 1. The Balaban J connectivity index is 1.38. The van der Waals surface area contributed by atoms with Gasteiger partial charge in [0.1, 0.15) is 18.2 Å². The van der Waals surface area contributed by atoms with Crippen LogP contribution >= 0.6 is 11.6 Å². The van der Waals surface area contributed by atoms with Gasteiger partial charge in [-0.15, -0.1) is 0 Å². The number of nitrogens with zero attached hydrogens (tertiary/aromatic N) is 5. The number of rotatable bonds is 4. The molecule has 2 aliphatic heterocycles. The molecule has 160 valence electrons. The van der Waals surface area contributed by atoms with Gasteiger partial charge in [0.2, 0.25) is 11.8 Å². The van der Waals surface area contributed by atoms with E-state index < -0.39 is 0 Å². The SMILES string of the molecule is O=C(Nc1ccc(Cl)cn1)C1CCCN(C(=O)Cn2nc3n(c2=O)CCCCC3)C1. The van der Waals surface area contributed by atoms with Gasteiger partial charge in [-0.1, -0.05) is 18.0 Å². The number of pyridine rings is 1. The van der Waals surface area contributed by atoms with E-state index in [1.165, 1.54) is 10.9 Å². The van der Waals surface area contributed by atoms with E-state index in [1.54, 1.807) is 21.6 Å². The molecule has 4 rings (SSSR count). The molecule has 1 fully saturated rings. The molecular formula is C20H25ClN6O3. The molecule has 2 aliphatic rings. The molecule has 1 atom stereocenters. The number of likely N-dealkylation sites (tertiary alicyclic amines) is 1. The molecule has 1 saturated heterocycles. The lowest BCUT2D eigenvalue weighted by Gasteiger charge is -2.31. The number of nitrogens with one attached hydrogen (secondary N) is 1. The largest absolute Gasteiger partial charge is 0.346 e. The van der Waals surface area contributed by atoms with E-state index in [9.17, 15) is 14.4 Å². The molecule has 0 spiro atoms. The summed E-state index contributed by atoms with van der Waals surface area (Å²) in [5.41, 5.74) is -0.222. The smallest absolute Gasteiger partial charge is 0.340 e. The highest BCUT2D eigenvalue weighted by Crippen LogP contribution is 2.19. The summed E-state index contributed by atoms with van der Waals surface area (Å²) in [7, 11) is 0. The Hall–Kier alpha value is -2.68. The fourth-order valence-corrected chi connectivity index (χ4v) is 4.16. The number of piperidine rings is 1. The highest BCUT2D eigenvalue weighted by atomic mass is 35.5. The van der Waals surface area contributed by atoms with Crippen LogP contribution in [-0.2, 0) is 29.1 Å². The third kappa shape index (κ3) is 4.56. The van der Waals surface area contributed by atoms with Crippen LogP contribution in [0.25, 0.3) is 0 Å². The Morgan fingerprint density at radius 1 is 1.17 bits per heavy atom. The van der Waals surface area contributed by atoms with Gasteiger partial charge in [-0.2, -0.15) is 5.10 Å². The van der Waals surface area contributed by atoms with Crippen LogP contribution in [0.2, 0.25) is 5.02 Å². The van der Waals surface area contributed by atoms with Crippen molar-refractivity contribution in [3.63, 3.8) is 0 Å². The van der Waals surface area contributed by atoms with E-state index in [4.69, 9.17) is 11.6 Å². The van der Waals surface area contributed by atoms with Crippen LogP contribution in [0.3, 0.4) is 0 Å². The Morgan fingerprint density at radius 3 is 2.83 bits per heavy atom. The monoisotopic (exact) mass is 432 g/mol. The zero-order valence-electron chi connectivity index (χ0n) is 16.7. The first-order valence-corrected chi connectivity index (χ1v) is 10.8. The number of fused-ring (bicyclic) bond motifs is 1. The second-order valence-corrected chi connectivity index (χ2v) is 8.28. The molecule has 0 aliphatic carbocycles. The molecule has 30 heavy (non-hydrogen) atoms. The first-order valence-electron chi connectivity index (χ1n) is 10.4. The normalized spacial score (nSPS) is 19.1. The van der Waals surface area contributed by atoms with Crippen LogP contribution in [-0.4, -0.2) is 49.1 Å². The van der Waals surface area contributed by atoms with Gasteiger partial charge in [-0.05, 0) is 37.8 Å². The van der Waals surface area contributed by atoms with Gasteiger partial charge >= 0.3 is 5.69 Å². The lowest BCUT2D eigenvalue weighted by Crippen LogP contribution is -2.45. The molecule has 1 N–H and O–H groups in total. The number of carbonyl (C=O) groups is 2. The summed E-state index contributed by atoms with van der Waals surface area (Å²) in [4.78, 5) is 43.8. The Kier molecular flexibility index (Phi) is 6.17. The fraction of sp³-hybridized carbons (Fsp3) is 0.550. The maximum atomic E-state index is 12.8. The van der Waals surface area contributed by atoms with Crippen LogP contribution in [0.1, 0.15) is 37.9 Å². The molecule has 2 amide bonds. The summed E-state index contributed by atoms with van der Waals surface area (Å²) >= 11 is 5.82. The summed E-state index contributed by atoms with van der Waals surface area (Å²) in [5.74, 6) is 0.506. The topological polar surface area (TPSA) is 102 Å². The highest BCUT2D eigenvalue weighted by Gasteiger charge is 2.29. The van der Waals surface area contributed by atoms with Crippen molar-refractivity contribution < 1.29 is 9.59 Å². The summed E-state index contributed by atoms with van der Waals surface area (Å²) in [6.45, 7) is 1.46. The molecular weight excluding hydrogens is 408 g/mol. The van der Waals surface area contributed by atoms with E-state index in [0.29, 0.717) is 36.9 Å². The zero-order valence-corrected chi connectivity index (χ0v) is 17.5. The molecule has 0 bridgehead atoms. The van der Waals surface area contributed by atoms with Crippen LogP contribution < -0.4 is 11.0 Å². The van der Waals surface area contributed by atoms with Gasteiger partial charge in [0, 0.05) is 32.3 Å². The minimum absolute atomic E-state index is 0.0914. The van der Waals surface area contributed by atoms with Crippen molar-refractivity contribution in [1.29, 1.82) is 0 Å². The Bertz CT molecular complexity index is 983. The zero-order chi connectivity index (χ0) is 21.1. The van der Waals surface area contributed by atoms with Gasteiger partial charge in [-0.3, -0.25) is 14.2 Å². The number of carbonyl (C=O) groups excluding carboxylic acids is 2. The maximum Gasteiger partial charge on any atom is 0.346 e. The summed E-state index contributed by atoms with van der Waals surface area (Å²) in [6, 6.07) is 3.30. The number of halogens is 1. The van der Waals surface area contributed by atoms with E-state index in [1.807, 2.05) is 0 Å². The molecule has 2 aromatic heterocycles. The average Bonchev–Trinajstić information content (AvgIpc) is 2.91. The molecule has 0 saturated carbocycles. The first kappa shape index (κ1) is 20.6. The minimum atomic E-state index is -0.324. The van der Waals surface area contributed by atoms with Crippen molar-refractivity contribution in [2.75, 3.05) is 18.4 Å². The molecule has 0 radical (unpaired) electrons. The Morgan fingerprint density at radius 2 is 2.03 bits per heavy atom. The van der Waals surface area contributed by atoms with E-state index >= 15 is 0 Å². The summed E-state index contributed by atoms with van der Waals surface area (Å²) < 4.78 is 2.95. The number of hydrogen-bond donors (Lipinski definition) is 1. The number of aromatic nitrogens is 4. The lowest BCUT2D eigenvalue weighted by molar-refractivity contribution is -0.135.